The summed E-state index contributed by atoms with van der Waals surface area (Å²) in [6.07, 6.45) is 0. The van der Waals surface area contributed by atoms with E-state index in [0.717, 1.165) is 10.9 Å². The van der Waals surface area contributed by atoms with E-state index in [-0.39, 0.29) is 6.04 Å². The normalized spacial score (nSPS) is 12.7. The third kappa shape index (κ3) is 3.27. The molecule has 3 aromatic heterocycles. The van der Waals surface area contributed by atoms with E-state index in [2.05, 4.69) is 45.7 Å². The predicted molar refractivity (Wildman–Crippen MR) is 86.6 cm³/mol. The van der Waals surface area contributed by atoms with Crippen molar-refractivity contribution in [2.75, 3.05) is 0 Å². The molecule has 1 atom stereocenters. The van der Waals surface area contributed by atoms with Crippen molar-refractivity contribution in [3.63, 3.8) is 0 Å². The Labute approximate surface area is 129 Å². The predicted octanol–water partition coefficient (Wildman–Crippen LogP) is 5.40. The molecule has 0 spiro atoms. The summed E-state index contributed by atoms with van der Waals surface area (Å²) in [7, 11) is 0. The summed E-state index contributed by atoms with van der Waals surface area (Å²) < 4.78 is 0.842. The lowest BCUT2D eigenvalue weighted by molar-refractivity contribution is 0.622. The van der Waals surface area contributed by atoms with E-state index in [1.807, 2.05) is 6.07 Å². The minimum absolute atomic E-state index is 0.234. The quantitative estimate of drug-likeness (QED) is 0.662. The maximum Gasteiger partial charge on any atom is 0.0931 e. The van der Waals surface area contributed by atoms with Crippen LogP contribution >= 0.6 is 45.6 Å². The molecule has 1 nitrogen and oxygen atoms in total. The number of halogens is 1. The molecule has 3 heterocycles. The molecule has 0 fully saturated rings. The molecule has 1 unspecified atom stereocenters. The lowest BCUT2D eigenvalue weighted by atomic mass is 10.2. The van der Waals surface area contributed by atoms with Crippen molar-refractivity contribution in [1.29, 1.82) is 0 Å². The van der Waals surface area contributed by atoms with E-state index in [4.69, 9.17) is 11.6 Å². The topological polar surface area (TPSA) is 12.0 Å². The second kappa shape index (κ2) is 6.20. The molecular formula is C14H12ClNS3. The number of nitrogens with one attached hydrogen (secondary N) is 1. The Morgan fingerprint density at radius 2 is 2.05 bits per heavy atom. The zero-order valence-electron chi connectivity index (χ0n) is 10.0. The molecule has 0 aliphatic rings. The number of hydrogen-bond donors (Lipinski definition) is 1. The second-order valence-corrected chi connectivity index (χ2v) is 7.61. The van der Waals surface area contributed by atoms with E-state index in [0.29, 0.717) is 0 Å². The number of thiophene rings is 3. The first-order valence-electron chi connectivity index (χ1n) is 5.86. The molecule has 3 aromatic rings. The van der Waals surface area contributed by atoms with E-state index < -0.39 is 0 Å². The van der Waals surface area contributed by atoms with Crippen molar-refractivity contribution < 1.29 is 0 Å². The molecule has 0 saturated heterocycles. The van der Waals surface area contributed by atoms with Crippen LogP contribution in [0.15, 0.2) is 46.5 Å². The van der Waals surface area contributed by atoms with Gasteiger partial charge in [-0.2, -0.15) is 11.3 Å². The molecule has 0 bridgehead atoms. The summed E-state index contributed by atoms with van der Waals surface area (Å²) in [5.74, 6) is 0. The molecule has 0 aliphatic heterocycles. The molecule has 0 saturated carbocycles. The smallest absolute Gasteiger partial charge is 0.0931 e. The molecule has 0 aromatic carbocycles. The van der Waals surface area contributed by atoms with Gasteiger partial charge in [0, 0.05) is 16.3 Å². The van der Waals surface area contributed by atoms with Gasteiger partial charge >= 0.3 is 0 Å². The summed E-state index contributed by atoms with van der Waals surface area (Å²) in [5.41, 5.74) is 1.33. The van der Waals surface area contributed by atoms with E-state index >= 15 is 0 Å². The summed E-state index contributed by atoms with van der Waals surface area (Å²) >= 11 is 11.2. The molecule has 1 N–H and O–H groups in total. The highest BCUT2D eigenvalue weighted by molar-refractivity contribution is 7.16. The minimum Gasteiger partial charge on any atom is -0.301 e. The van der Waals surface area contributed by atoms with Crippen molar-refractivity contribution >= 4 is 45.6 Å². The standard InChI is InChI=1S/C14H12ClNS3/c15-13-4-3-12(19-13)14(11-2-1-6-18-11)16-8-10-5-7-17-9-10/h1-7,9,14,16H,8H2. The van der Waals surface area contributed by atoms with Crippen LogP contribution in [0, 0.1) is 0 Å². The summed E-state index contributed by atoms with van der Waals surface area (Å²) in [4.78, 5) is 2.59. The Hall–Kier alpha value is -0.650. The van der Waals surface area contributed by atoms with Gasteiger partial charge in [-0.1, -0.05) is 17.7 Å². The fraction of sp³-hybridized carbons (Fsp3) is 0.143. The maximum atomic E-state index is 6.06. The van der Waals surface area contributed by atoms with Gasteiger partial charge in [0.1, 0.15) is 0 Å². The Morgan fingerprint density at radius 1 is 1.11 bits per heavy atom. The average molecular weight is 326 g/mol. The van der Waals surface area contributed by atoms with Crippen molar-refractivity contribution in [3.05, 3.63) is 66.1 Å². The van der Waals surface area contributed by atoms with Crippen molar-refractivity contribution in [3.8, 4) is 0 Å². The zero-order chi connectivity index (χ0) is 13.1. The molecular weight excluding hydrogens is 314 g/mol. The van der Waals surface area contributed by atoms with Gasteiger partial charge in [0.25, 0.3) is 0 Å². The van der Waals surface area contributed by atoms with Gasteiger partial charge in [0.05, 0.1) is 10.4 Å². The van der Waals surface area contributed by atoms with Crippen LogP contribution < -0.4 is 5.32 Å². The monoisotopic (exact) mass is 325 g/mol. The van der Waals surface area contributed by atoms with Gasteiger partial charge in [0.2, 0.25) is 0 Å². The van der Waals surface area contributed by atoms with Crippen LogP contribution in [-0.2, 0) is 6.54 Å². The SMILES string of the molecule is Clc1ccc(C(NCc2ccsc2)c2cccs2)s1. The highest BCUT2D eigenvalue weighted by Crippen LogP contribution is 2.33. The van der Waals surface area contributed by atoms with Crippen LogP contribution in [0.2, 0.25) is 4.34 Å². The van der Waals surface area contributed by atoms with Crippen LogP contribution in [0.3, 0.4) is 0 Å². The molecule has 0 amide bonds. The van der Waals surface area contributed by atoms with Crippen molar-refractivity contribution in [2.24, 2.45) is 0 Å². The fourth-order valence-corrected chi connectivity index (χ4v) is 4.61. The van der Waals surface area contributed by atoms with Gasteiger partial charge in [-0.15, -0.1) is 22.7 Å². The highest BCUT2D eigenvalue weighted by Gasteiger charge is 2.16. The molecule has 98 valence electrons. The lowest BCUT2D eigenvalue weighted by Gasteiger charge is -2.15. The third-order valence-electron chi connectivity index (χ3n) is 2.80. The molecule has 0 radical (unpaired) electrons. The van der Waals surface area contributed by atoms with Crippen molar-refractivity contribution in [1.82, 2.24) is 5.32 Å². The first-order valence-corrected chi connectivity index (χ1v) is 8.88. The van der Waals surface area contributed by atoms with Crippen LogP contribution in [0.25, 0.3) is 0 Å². The number of hydrogen-bond acceptors (Lipinski definition) is 4. The van der Waals surface area contributed by atoms with E-state index in [1.54, 1.807) is 34.0 Å². The van der Waals surface area contributed by atoms with Gasteiger partial charge in [0.15, 0.2) is 0 Å². The molecule has 3 rings (SSSR count). The molecule has 0 aliphatic carbocycles. The maximum absolute atomic E-state index is 6.06. The van der Waals surface area contributed by atoms with Gasteiger partial charge in [-0.3, -0.25) is 0 Å². The number of rotatable bonds is 5. The zero-order valence-corrected chi connectivity index (χ0v) is 13.2. The third-order valence-corrected chi connectivity index (χ3v) is 5.76. The van der Waals surface area contributed by atoms with Crippen LogP contribution in [-0.4, -0.2) is 0 Å². The second-order valence-electron chi connectivity index (χ2n) is 4.10. The van der Waals surface area contributed by atoms with E-state index in [9.17, 15) is 0 Å². The van der Waals surface area contributed by atoms with Crippen LogP contribution in [0.4, 0.5) is 0 Å². The van der Waals surface area contributed by atoms with E-state index in [1.165, 1.54) is 15.3 Å². The average Bonchev–Trinajstić information content (AvgIpc) is 3.11. The van der Waals surface area contributed by atoms with Gasteiger partial charge in [-0.05, 0) is 46.0 Å². The minimum atomic E-state index is 0.234. The summed E-state index contributed by atoms with van der Waals surface area (Å²) in [6, 6.07) is 10.7. The first kappa shape index (κ1) is 13.3. The Kier molecular flexibility index (Phi) is 4.35. The van der Waals surface area contributed by atoms with Crippen LogP contribution in [0.5, 0.6) is 0 Å². The van der Waals surface area contributed by atoms with Crippen LogP contribution in [0.1, 0.15) is 21.4 Å². The first-order chi connectivity index (χ1) is 9.33. The lowest BCUT2D eigenvalue weighted by Crippen LogP contribution is -2.20. The van der Waals surface area contributed by atoms with Crippen molar-refractivity contribution in [2.45, 2.75) is 12.6 Å². The van der Waals surface area contributed by atoms with Gasteiger partial charge in [-0.25, -0.2) is 0 Å². The highest BCUT2D eigenvalue weighted by atomic mass is 35.5. The Morgan fingerprint density at radius 3 is 2.68 bits per heavy atom. The Bertz CT molecular complexity index is 613. The molecule has 19 heavy (non-hydrogen) atoms. The van der Waals surface area contributed by atoms with Gasteiger partial charge < -0.3 is 5.32 Å². The fourth-order valence-electron chi connectivity index (χ4n) is 1.89. The largest absolute Gasteiger partial charge is 0.301 e. The summed E-state index contributed by atoms with van der Waals surface area (Å²) in [5, 5.41) is 10.0. The Balaban J connectivity index is 1.80. The molecule has 5 heteroatoms. The summed E-state index contributed by atoms with van der Waals surface area (Å²) in [6.45, 7) is 0.877.